The molecule has 2 N–H and O–H groups in total. The summed E-state index contributed by atoms with van der Waals surface area (Å²) in [6, 6.07) is 4.07. The van der Waals surface area contributed by atoms with Crippen molar-refractivity contribution in [1.29, 1.82) is 0 Å². The number of aromatic hydroxyl groups is 1. The largest absolute Gasteiger partial charge is 0.504 e. The van der Waals surface area contributed by atoms with Gasteiger partial charge in [-0.25, -0.2) is 0 Å². The SMILES string of the molecule is C=C1CCC[C@]2(C)C[C@H]3OC(=O)[C@H](C[NH+]4CCc5cc(O)c(OC)cc5[C@@H]4C)[C@H]3C[C@@H]12. The molecule has 2 saturated carbocycles. The van der Waals surface area contributed by atoms with Crippen LogP contribution in [0.25, 0.3) is 0 Å². The first-order valence-electron chi connectivity index (χ1n) is 11.9. The zero-order valence-electron chi connectivity index (χ0n) is 19.1. The molecule has 168 valence electrons. The van der Waals surface area contributed by atoms with Crippen molar-refractivity contribution in [3.63, 3.8) is 0 Å². The van der Waals surface area contributed by atoms with Crippen molar-refractivity contribution in [1.82, 2.24) is 0 Å². The van der Waals surface area contributed by atoms with Crippen molar-refractivity contribution in [3.05, 3.63) is 35.4 Å². The summed E-state index contributed by atoms with van der Waals surface area (Å²) in [7, 11) is 1.59. The number of hydrogen-bond donors (Lipinski definition) is 2. The van der Waals surface area contributed by atoms with Gasteiger partial charge in [-0.2, -0.15) is 0 Å². The number of allylic oxidation sites excluding steroid dienone is 1. The van der Waals surface area contributed by atoms with Crippen LogP contribution in [0.1, 0.15) is 63.1 Å². The van der Waals surface area contributed by atoms with Gasteiger partial charge >= 0.3 is 5.97 Å². The summed E-state index contributed by atoms with van der Waals surface area (Å²) < 4.78 is 11.3. The molecule has 0 radical (unpaired) electrons. The van der Waals surface area contributed by atoms with E-state index in [0.717, 1.165) is 38.8 Å². The maximum atomic E-state index is 13.0. The van der Waals surface area contributed by atoms with Crippen molar-refractivity contribution in [2.75, 3.05) is 20.2 Å². The lowest BCUT2D eigenvalue weighted by molar-refractivity contribution is -0.934. The Labute approximate surface area is 185 Å². The molecule has 2 heterocycles. The number of esters is 1. The van der Waals surface area contributed by atoms with Gasteiger partial charge in [0, 0.05) is 17.9 Å². The Morgan fingerprint density at radius 1 is 1.35 bits per heavy atom. The third-order valence-electron chi connectivity index (χ3n) is 9.04. The van der Waals surface area contributed by atoms with E-state index >= 15 is 0 Å². The molecule has 5 nitrogen and oxygen atoms in total. The molecule has 1 aromatic rings. The first-order valence-corrected chi connectivity index (χ1v) is 11.9. The molecule has 4 aliphatic rings. The van der Waals surface area contributed by atoms with Crippen molar-refractivity contribution in [2.24, 2.45) is 23.2 Å². The van der Waals surface area contributed by atoms with E-state index in [-0.39, 0.29) is 35.2 Å². The summed E-state index contributed by atoms with van der Waals surface area (Å²) in [5.41, 5.74) is 4.04. The van der Waals surface area contributed by atoms with Crippen molar-refractivity contribution in [3.8, 4) is 11.5 Å². The van der Waals surface area contributed by atoms with E-state index in [2.05, 4.69) is 20.4 Å². The van der Waals surface area contributed by atoms with Crippen LogP contribution in [0.5, 0.6) is 11.5 Å². The highest BCUT2D eigenvalue weighted by Crippen LogP contribution is 2.56. The smallest absolute Gasteiger partial charge is 0.315 e. The summed E-state index contributed by atoms with van der Waals surface area (Å²) >= 11 is 0. The van der Waals surface area contributed by atoms with Crippen molar-refractivity contribution in [2.45, 2.75) is 64.5 Å². The van der Waals surface area contributed by atoms with Crippen LogP contribution in [0.4, 0.5) is 0 Å². The van der Waals surface area contributed by atoms with E-state index in [1.165, 1.54) is 34.4 Å². The zero-order chi connectivity index (χ0) is 21.9. The Kier molecular flexibility index (Phi) is 5.08. The topological polar surface area (TPSA) is 60.2 Å². The lowest BCUT2D eigenvalue weighted by Gasteiger charge is -2.50. The van der Waals surface area contributed by atoms with Gasteiger partial charge in [-0.15, -0.1) is 0 Å². The minimum atomic E-state index is -0.0257. The fourth-order valence-corrected chi connectivity index (χ4v) is 7.19. The third kappa shape index (κ3) is 3.36. The number of phenolic OH excluding ortho intramolecular Hbond substituents is 1. The van der Waals surface area contributed by atoms with Gasteiger partial charge in [-0.1, -0.05) is 19.1 Å². The van der Waals surface area contributed by atoms with Crippen LogP contribution in [0, 0.1) is 23.2 Å². The van der Waals surface area contributed by atoms with Gasteiger partial charge in [0.25, 0.3) is 0 Å². The van der Waals surface area contributed by atoms with E-state index in [0.29, 0.717) is 17.6 Å². The van der Waals surface area contributed by atoms with Crippen LogP contribution in [-0.4, -0.2) is 37.4 Å². The van der Waals surface area contributed by atoms with Crippen molar-refractivity contribution < 1.29 is 24.3 Å². The highest BCUT2D eigenvalue weighted by Gasteiger charge is 2.56. The molecule has 1 aromatic carbocycles. The predicted molar refractivity (Wildman–Crippen MR) is 118 cm³/mol. The molecule has 0 amide bonds. The highest BCUT2D eigenvalue weighted by atomic mass is 16.6. The Bertz CT molecular complexity index is 911. The average Bonchev–Trinajstić information content (AvgIpc) is 3.02. The number of carbonyl (C=O) groups is 1. The molecule has 5 heteroatoms. The van der Waals surface area contributed by atoms with Gasteiger partial charge in [0.05, 0.1) is 20.2 Å². The number of carbonyl (C=O) groups excluding carboxylic acids is 1. The molecule has 7 atom stereocenters. The first-order chi connectivity index (χ1) is 14.8. The zero-order valence-corrected chi connectivity index (χ0v) is 19.1. The number of fused-ring (bicyclic) bond motifs is 3. The molecule has 0 bridgehead atoms. The monoisotopic (exact) mass is 426 g/mol. The van der Waals surface area contributed by atoms with Gasteiger partial charge < -0.3 is 19.5 Å². The van der Waals surface area contributed by atoms with E-state index in [9.17, 15) is 9.90 Å². The average molecular weight is 427 g/mol. The standard InChI is InChI=1S/C26H35NO4/c1-15-6-5-8-26(3)13-24-19(11-21(15)26)20(25(29)31-24)14-27-9-7-17-10-22(28)23(30-4)12-18(17)16(27)2/h10,12,16,19-21,24,28H,1,5-9,11,13-14H2,2-4H3/p+1/t16-,19+,20+,21-,24+,26+/m0/s1. The molecule has 1 unspecified atom stereocenters. The normalized spacial score (nSPS) is 39.3. The quantitative estimate of drug-likeness (QED) is 0.576. The summed E-state index contributed by atoms with van der Waals surface area (Å²) in [6.45, 7) is 10.8. The number of quaternary nitrogens is 1. The first kappa shape index (κ1) is 20.9. The van der Waals surface area contributed by atoms with Gasteiger partial charge in [0.15, 0.2) is 11.5 Å². The van der Waals surface area contributed by atoms with E-state index < -0.39 is 0 Å². The van der Waals surface area contributed by atoms with Gasteiger partial charge in [0.1, 0.15) is 18.1 Å². The van der Waals surface area contributed by atoms with Crippen LogP contribution in [-0.2, 0) is 16.0 Å². The number of rotatable bonds is 3. The Morgan fingerprint density at radius 3 is 2.94 bits per heavy atom. The van der Waals surface area contributed by atoms with Crippen molar-refractivity contribution >= 4 is 5.97 Å². The number of methoxy groups -OCH3 is 1. The van der Waals surface area contributed by atoms with Crippen LogP contribution >= 0.6 is 0 Å². The van der Waals surface area contributed by atoms with E-state index in [4.69, 9.17) is 9.47 Å². The molecule has 3 fully saturated rings. The fourth-order valence-electron chi connectivity index (χ4n) is 7.19. The van der Waals surface area contributed by atoms with Crippen LogP contribution in [0.15, 0.2) is 24.3 Å². The molecule has 0 aromatic heterocycles. The van der Waals surface area contributed by atoms with E-state index in [1.807, 2.05) is 12.1 Å². The van der Waals surface area contributed by atoms with Gasteiger partial charge in [-0.3, -0.25) is 4.79 Å². The molecular formula is C26H36NO4+. The second-order valence-electron chi connectivity index (χ2n) is 10.7. The number of hydrogen-bond acceptors (Lipinski definition) is 4. The summed E-state index contributed by atoms with van der Waals surface area (Å²) in [5.74, 6) is 1.56. The summed E-state index contributed by atoms with van der Waals surface area (Å²) in [6.07, 6.45) is 6.60. The number of phenols is 1. The molecule has 5 rings (SSSR count). The second kappa shape index (κ2) is 7.54. The minimum Gasteiger partial charge on any atom is -0.504 e. The summed E-state index contributed by atoms with van der Waals surface area (Å²) in [5, 5.41) is 10.1. The molecule has 2 aliphatic heterocycles. The third-order valence-corrected chi connectivity index (χ3v) is 9.04. The van der Waals surface area contributed by atoms with Crippen LogP contribution < -0.4 is 9.64 Å². The predicted octanol–water partition coefficient (Wildman–Crippen LogP) is 3.22. The highest BCUT2D eigenvalue weighted by molar-refractivity contribution is 5.75. The van der Waals surface area contributed by atoms with E-state index in [1.54, 1.807) is 7.11 Å². The van der Waals surface area contributed by atoms with Crippen LogP contribution in [0.3, 0.4) is 0 Å². The lowest BCUT2D eigenvalue weighted by atomic mass is 9.55. The Balaban J connectivity index is 1.36. The maximum Gasteiger partial charge on any atom is 0.315 e. The number of benzene rings is 1. The summed E-state index contributed by atoms with van der Waals surface area (Å²) in [4.78, 5) is 14.4. The lowest BCUT2D eigenvalue weighted by Crippen LogP contribution is -3.13. The van der Waals surface area contributed by atoms with Gasteiger partial charge in [0.2, 0.25) is 0 Å². The maximum absolute atomic E-state index is 13.0. The Hall–Kier alpha value is -2.01. The minimum absolute atomic E-state index is 0.0108. The van der Waals surface area contributed by atoms with Crippen LogP contribution in [0.2, 0.25) is 0 Å². The number of nitrogens with one attached hydrogen (secondary N) is 1. The fraction of sp³-hybridized carbons (Fsp3) is 0.654. The molecule has 0 spiro atoms. The molecule has 1 saturated heterocycles. The molecule has 2 aliphatic carbocycles. The van der Waals surface area contributed by atoms with Gasteiger partial charge in [-0.05, 0) is 68.1 Å². The number of ether oxygens (including phenoxy) is 2. The molecular weight excluding hydrogens is 390 g/mol. The molecule has 31 heavy (non-hydrogen) atoms. The Morgan fingerprint density at radius 2 is 2.16 bits per heavy atom. The second-order valence-corrected chi connectivity index (χ2v) is 10.7.